The number of aromatic nitrogens is 2. The van der Waals surface area contributed by atoms with E-state index in [9.17, 15) is 0 Å². The molecule has 82 valence electrons. The molecule has 0 N–H and O–H groups in total. The predicted octanol–water partition coefficient (Wildman–Crippen LogP) is 2.67. The molecule has 1 aromatic heterocycles. The van der Waals surface area contributed by atoms with Gasteiger partial charge in [0, 0.05) is 13.0 Å². The van der Waals surface area contributed by atoms with Crippen molar-refractivity contribution < 1.29 is 0 Å². The maximum absolute atomic E-state index is 8.93. The Morgan fingerprint density at radius 1 is 1.47 bits per heavy atom. The van der Waals surface area contributed by atoms with E-state index in [0.717, 1.165) is 30.9 Å². The maximum Gasteiger partial charge on any atom is 0.161 e. The van der Waals surface area contributed by atoms with Gasteiger partial charge < -0.3 is 4.57 Å². The highest BCUT2D eigenvalue weighted by Crippen LogP contribution is 2.14. The molecule has 0 unspecified atom stereocenters. The average molecular weight is 205 g/mol. The first-order valence-corrected chi connectivity index (χ1v) is 5.56. The second-order valence-corrected chi connectivity index (χ2v) is 4.33. The monoisotopic (exact) mass is 205 g/mol. The van der Waals surface area contributed by atoms with Gasteiger partial charge in [0.05, 0.1) is 5.69 Å². The Bertz CT molecular complexity index is 369. The largest absolute Gasteiger partial charge is 0.331 e. The van der Waals surface area contributed by atoms with Crippen molar-refractivity contribution >= 4 is 0 Å². The standard InChI is InChI=1S/C12H19N3/c1-5-6-12-14-11(7-13)10(4)15(12)8-9(2)3/h9H,5-6,8H2,1-4H3. The minimum atomic E-state index is 0.583. The number of hydrogen-bond donors (Lipinski definition) is 0. The van der Waals surface area contributed by atoms with E-state index in [1.807, 2.05) is 6.92 Å². The van der Waals surface area contributed by atoms with Crippen LogP contribution in [0.25, 0.3) is 0 Å². The molecule has 1 rings (SSSR count). The van der Waals surface area contributed by atoms with Crippen molar-refractivity contribution in [2.75, 3.05) is 0 Å². The number of nitriles is 1. The molecule has 0 fully saturated rings. The van der Waals surface area contributed by atoms with Gasteiger partial charge in [-0.1, -0.05) is 20.8 Å². The first-order chi connectivity index (χ1) is 7.10. The summed E-state index contributed by atoms with van der Waals surface area (Å²) in [4.78, 5) is 4.37. The lowest BCUT2D eigenvalue weighted by Gasteiger charge is -2.11. The zero-order valence-corrected chi connectivity index (χ0v) is 10.0. The first kappa shape index (κ1) is 11.8. The van der Waals surface area contributed by atoms with E-state index >= 15 is 0 Å². The van der Waals surface area contributed by atoms with Crippen LogP contribution in [0.1, 0.15) is 44.4 Å². The van der Waals surface area contributed by atoms with Crippen LogP contribution in [0, 0.1) is 24.2 Å². The lowest BCUT2D eigenvalue weighted by Crippen LogP contribution is -2.10. The Morgan fingerprint density at radius 2 is 2.13 bits per heavy atom. The lowest BCUT2D eigenvalue weighted by molar-refractivity contribution is 0.497. The van der Waals surface area contributed by atoms with E-state index in [0.29, 0.717) is 11.6 Å². The normalized spacial score (nSPS) is 10.7. The molecule has 1 heterocycles. The molecule has 0 amide bonds. The van der Waals surface area contributed by atoms with Crippen molar-refractivity contribution in [3.8, 4) is 6.07 Å². The Labute approximate surface area is 91.7 Å². The van der Waals surface area contributed by atoms with E-state index in [-0.39, 0.29) is 0 Å². The predicted molar refractivity (Wildman–Crippen MR) is 60.5 cm³/mol. The highest BCUT2D eigenvalue weighted by molar-refractivity contribution is 5.28. The van der Waals surface area contributed by atoms with Crippen LogP contribution >= 0.6 is 0 Å². The molecule has 1 aromatic rings. The number of rotatable bonds is 4. The molecule has 3 nitrogen and oxygen atoms in total. The SMILES string of the molecule is CCCc1nc(C#N)c(C)n1CC(C)C. The fraction of sp³-hybridized carbons (Fsp3) is 0.667. The summed E-state index contributed by atoms with van der Waals surface area (Å²) in [6, 6.07) is 2.16. The van der Waals surface area contributed by atoms with Gasteiger partial charge in [0.1, 0.15) is 11.9 Å². The highest BCUT2D eigenvalue weighted by Gasteiger charge is 2.13. The van der Waals surface area contributed by atoms with Gasteiger partial charge in [-0.15, -0.1) is 0 Å². The molecule has 0 aromatic carbocycles. The van der Waals surface area contributed by atoms with Gasteiger partial charge in [-0.25, -0.2) is 4.98 Å². The minimum absolute atomic E-state index is 0.583. The maximum atomic E-state index is 8.93. The number of imidazole rings is 1. The van der Waals surface area contributed by atoms with E-state index in [4.69, 9.17) is 5.26 Å². The molecule has 0 saturated carbocycles. The van der Waals surface area contributed by atoms with Gasteiger partial charge in [0.25, 0.3) is 0 Å². The summed E-state index contributed by atoms with van der Waals surface area (Å²) in [7, 11) is 0. The van der Waals surface area contributed by atoms with E-state index in [2.05, 4.69) is 36.4 Å². The van der Waals surface area contributed by atoms with Crippen molar-refractivity contribution in [1.29, 1.82) is 5.26 Å². The second-order valence-electron chi connectivity index (χ2n) is 4.33. The Balaban J connectivity index is 3.08. The molecule has 15 heavy (non-hydrogen) atoms. The molecular formula is C12H19N3. The Kier molecular flexibility index (Phi) is 3.90. The van der Waals surface area contributed by atoms with Crippen molar-refractivity contribution in [2.45, 2.75) is 47.1 Å². The smallest absolute Gasteiger partial charge is 0.161 e. The van der Waals surface area contributed by atoms with Crippen LogP contribution < -0.4 is 0 Å². The number of hydrogen-bond acceptors (Lipinski definition) is 2. The van der Waals surface area contributed by atoms with Crippen LogP contribution in [-0.4, -0.2) is 9.55 Å². The van der Waals surface area contributed by atoms with Crippen LogP contribution in [0.2, 0.25) is 0 Å². The average Bonchev–Trinajstić information content (AvgIpc) is 2.46. The molecule has 0 spiro atoms. The van der Waals surface area contributed by atoms with Gasteiger partial charge in [0.2, 0.25) is 0 Å². The van der Waals surface area contributed by atoms with Crippen LogP contribution in [-0.2, 0) is 13.0 Å². The summed E-state index contributed by atoms with van der Waals surface area (Å²) in [6.07, 6.45) is 2.02. The van der Waals surface area contributed by atoms with Gasteiger partial charge in [-0.05, 0) is 19.3 Å². The zero-order valence-electron chi connectivity index (χ0n) is 10.0. The van der Waals surface area contributed by atoms with Crippen molar-refractivity contribution in [1.82, 2.24) is 9.55 Å². The topological polar surface area (TPSA) is 41.6 Å². The second kappa shape index (κ2) is 4.97. The minimum Gasteiger partial charge on any atom is -0.331 e. The first-order valence-electron chi connectivity index (χ1n) is 5.56. The summed E-state index contributed by atoms with van der Waals surface area (Å²) in [5, 5.41) is 8.93. The molecule has 0 bridgehead atoms. The summed E-state index contributed by atoms with van der Waals surface area (Å²) < 4.78 is 2.19. The fourth-order valence-electron chi connectivity index (χ4n) is 1.72. The molecule has 0 saturated heterocycles. The summed E-state index contributed by atoms with van der Waals surface area (Å²) >= 11 is 0. The Morgan fingerprint density at radius 3 is 2.60 bits per heavy atom. The highest BCUT2D eigenvalue weighted by atomic mass is 15.1. The van der Waals surface area contributed by atoms with Gasteiger partial charge in [-0.3, -0.25) is 0 Å². The summed E-state index contributed by atoms with van der Waals surface area (Å²) in [6.45, 7) is 9.43. The van der Waals surface area contributed by atoms with Crippen molar-refractivity contribution in [2.24, 2.45) is 5.92 Å². The lowest BCUT2D eigenvalue weighted by atomic mass is 10.2. The molecular weight excluding hydrogens is 186 g/mol. The zero-order chi connectivity index (χ0) is 11.4. The van der Waals surface area contributed by atoms with E-state index in [1.54, 1.807) is 0 Å². The van der Waals surface area contributed by atoms with E-state index in [1.165, 1.54) is 0 Å². The third-order valence-corrected chi connectivity index (χ3v) is 2.43. The quantitative estimate of drug-likeness (QED) is 0.758. The van der Waals surface area contributed by atoms with Crippen molar-refractivity contribution in [3.63, 3.8) is 0 Å². The van der Waals surface area contributed by atoms with Gasteiger partial charge >= 0.3 is 0 Å². The van der Waals surface area contributed by atoms with Crippen molar-refractivity contribution in [3.05, 3.63) is 17.2 Å². The van der Waals surface area contributed by atoms with E-state index < -0.39 is 0 Å². The third kappa shape index (κ3) is 2.59. The summed E-state index contributed by atoms with van der Waals surface area (Å²) in [5.41, 5.74) is 1.59. The molecule has 3 heteroatoms. The summed E-state index contributed by atoms with van der Waals surface area (Å²) in [5.74, 6) is 1.64. The number of aryl methyl sites for hydroxylation is 1. The van der Waals surface area contributed by atoms with Crippen LogP contribution in [0.15, 0.2) is 0 Å². The third-order valence-electron chi connectivity index (χ3n) is 2.43. The van der Waals surface area contributed by atoms with Gasteiger partial charge in [0.15, 0.2) is 5.69 Å². The molecule has 0 aliphatic heterocycles. The molecule has 0 aliphatic rings. The molecule has 0 atom stereocenters. The van der Waals surface area contributed by atoms with Crippen LogP contribution in [0.5, 0.6) is 0 Å². The fourth-order valence-corrected chi connectivity index (χ4v) is 1.72. The Hall–Kier alpha value is -1.30. The van der Waals surface area contributed by atoms with Crippen LogP contribution in [0.4, 0.5) is 0 Å². The van der Waals surface area contributed by atoms with Crippen LogP contribution in [0.3, 0.4) is 0 Å². The molecule has 0 aliphatic carbocycles. The van der Waals surface area contributed by atoms with Gasteiger partial charge in [-0.2, -0.15) is 5.26 Å². The number of nitrogens with zero attached hydrogens (tertiary/aromatic N) is 3. The molecule has 0 radical (unpaired) electrons.